The molecule has 2 aliphatic heterocycles. The van der Waals surface area contributed by atoms with Crippen molar-refractivity contribution < 1.29 is 9.53 Å². The standard InChI is InChI=1S/C12H18N2O2/c1-9-11(4-6-16-9)12(15)14-5-2-3-10(7-13)8-14/h9-11H,2-6,8H2,1H3. The maximum absolute atomic E-state index is 12.2. The van der Waals surface area contributed by atoms with Gasteiger partial charge in [0.1, 0.15) is 0 Å². The fraction of sp³-hybridized carbons (Fsp3) is 0.833. The Kier molecular flexibility index (Phi) is 3.45. The minimum absolute atomic E-state index is 0.0115. The van der Waals surface area contributed by atoms with Gasteiger partial charge in [-0.05, 0) is 26.2 Å². The molecular weight excluding hydrogens is 204 g/mol. The highest BCUT2D eigenvalue weighted by Crippen LogP contribution is 2.25. The van der Waals surface area contributed by atoms with Crippen molar-refractivity contribution in [3.05, 3.63) is 0 Å². The van der Waals surface area contributed by atoms with E-state index in [-0.39, 0.29) is 23.8 Å². The number of rotatable bonds is 1. The van der Waals surface area contributed by atoms with Crippen LogP contribution in [0.25, 0.3) is 0 Å². The second kappa shape index (κ2) is 4.84. The Hall–Kier alpha value is -1.08. The quantitative estimate of drug-likeness (QED) is 0.669. The molecule has 0 aromatic rings. The molecule has 4 nitrogen and oxygen atoms in total. The number of hydrogen-bond acceptors (Lipinski definition) is 3. The molecule has 4 heteroatoms. The van der Waals surface area contributed by atoms with Crippen LogP contribution in [0.3, 0.4) is 0 Å². The van der Waals surface area contributed by atoms with Crippen LogP contribution in [0.15, 0.2) is 0 Å². The van der Waals surface area contributed by atoms with Gasteiger partial charge < -0.3 is 9.64 Å². The summed E-state index contributed by atoms with van der Waals surface area (Å²) in [5, 5.41) is 8.90. The number of piperidine rings is 1. The molecule has 88 valence electrons. The largest absolute Gasteiger partial charge is 0.378 e. The van der Waals surface area contributed by atoms with E-state index < -0.39 is 0 Å². The first-order valence-corrected chi connectivity index (χ1v) is 6.02. The van der Waals surface area contributed by atoms with Gasteiger partial charge in [-0.3, -0.25) is 4.79 Å². The van der Waals surface area contributed by atoms with Crippen molar-refractivity contribution >= 4 is 5.91 Å². The third-order valence-electron chi connectivity index (χ3n) is 3.61. The Morgan fingerprint density at radius 1 is 1.50 bits per heavy atom. The third-order valence-corrected chi connectivity index (χ3v) is 3.61. The van der Waals surface area contributed by atoms with Crippen LogP contribution in [0.2, 0.25) is 0 Å². The molecular formula is C12H18N2O2. The minimum Gasteiger partial charge on any atom is -0.378 e. The topological polar surface area (TPSA) is 53.3 Å². The summed E-state index contributed by atoms with van der Waals surface area (Å²) in [7, 11) is 0. The van der Waals surface area contributed by atoms with Gasteiger partial charge in [0.05, 0.1) is 24.0 Å². The van der Waals surface area contributed by atoms with Crippen LogP contribution in [-0.2, 0) is 9.53 Å². The third kappa shape index (κ3) is 2.19. The van der Waals surface area contributed by atoms with E-state index >= 15 is 0 Å². The van der Waals surface area contributed by atoms with Gasteiger partial charge in [0, 0.05) is 19.7 Å². The lowest BCUT2D eigenvalue weighted by atomic mass is 9.95. The molecule has 0 saturated carbocycles. The van der Waals surface area contributed by atoms with E-state index in [1.54, 1.807) is 0 Å². The van der Waals surface area contributed by atoms with Gasteiger partial charge in [0.15, 0.2) is 0 Å². The molecule has 2 heterocycles. The molecule has 0 radical (unpaired) electrons. The lowest BCUT2D eigenvalue weighted by molar-refractivity contribution is -0.138. The van der Waals surface area contributed by atoms with Crippen LogP contribution in [0, 0.1) is 23.2 Å². The van der Waals surface area contributed by atoms with Crippen molar-refractivity contribution in [2.75, 3.05) is 19.7 Å². The van der Waals surface area contributed by atoms with Crippen molar-refractivity contribution in [1.82, 2.24) is 4.90 Å². The van der Waals surface area contributed by atoms with Crippen molar-refractivity contribution in [2.24, 2.45) is 11.8 Å². The summed E-state index contributed by atoms with van der Waals surface area (Å²) in [5.74, 6) is 0.220. The highest BCUT2D eigenvalue weighted by atomic mass is 16.5. The Morgan fingerprint density at radius 2 is 2.31 bits per heavy atom. The summed E-state index contributed by atoms with van der Waals surface area (Å²) < 4.78 is 5.42. The molecule has 2 saturated heterocycles. The fourth-order valence-corrected chi connectivity index (χ4v) is 2.57. The molecule has 2 aliphatic rings. The highest BCUT2D eigenvalue weighted by molar-refractivity contribution is 5.79. The number of likely N-dealkylation sites (tertiary alicyclic amines) is 1. The fourth-order valence-electron chi connectivity index (χ4n) is 2.57. The molecule has 3 atom stereocenters. The zero-order valence-electron chi connectivity index (χ0n) is 9.69. The molecule has 0 aliphatic carbocycles. The monoisotopic (exact) mass is 222 g/mol. The molecule has 1 amide bonds. The molecule has 0 aromatic carbocycles. The van der Waals surface area contributed by atoms with Gasteiger partial charge in [0.2, 0.25) is 5.91 Å². The van der Waals surface area contributed by atoms with Crippen LogP contribution < -0.4 is 0 Å². The van der Waals surface area contributed by atoms with Crippen LogP contribution in [-0.4, -0.2) is 36.6 Å². The van der Waals surface area contributed by atoms with Gasteiger partial charge in [-0.25, -0.2) is 0 Å². The maximum Gasteiger partial charge on any atom is 0.228 e. The van der Waals surface area contributed by atoms with Crippen molar-refractivity contribution in [2.45, 2.75) is 32.3 Å². The number of amides is 1. The SMILES string of the molecule is CC1OCCC1C(=O)N1CCCC(C#N)C1. The van der Waals surface area contributed by atoms with Crippen molar-refractivity contribution in [3.63, 3.8) is 0 Å². The second-order valence-corrected chi connectivity index (χ2v) is 4.72. The van der Waals surface area contributed by atoms with Gasteiger partial charge >= 0.3 is 0 Å². The van der Waals surface area contributed by atoms with Crippen LogP contribution in [0.1, 0.15) is 26.2 Å². The average molecular weight is 222 g/mol. The summed E-state index contributed by atoms with van der Waals surface area (Å²) in [6, 6.07) is 2.27. The number of nitrogens with zero attached hydrogens (tertiary/aromatic N) is 2. The molecule has 0 aromatic heterocycles. The number of ether oxygens (including phenoxy) is 1. The first-order chi connectivity index (χ1) is 7.72. The van der Waals surface area contributed by atoms with E-state index in [4.69, 9.17) is 10.00 Å². The molecule has 2 fully saturated rings. The normalized spacial score (nSPS) is 34.8. The maximum atomic E-state index is 12.2. The van der Waals surface area contributed by atoms with E-state index in [2.05, 4.69) is 6.07 Å². The summed E-state index contributed by atoms with van der Waals surface area (Å²) >= 11 is 0. The van der Waals surface area contributed by atoms with Crippen LogP contribution >= 0.6 is 0 Å². The Labute approximate surface area is 96.2 Å². The zero-order chi connectivity index (χ0) is 11.5. The number of nitriles is 1. The van der Waals surface area contributed by atoms with Gasteiger partial charge in [-0.1, -0.05) is 0 Å². The predicted octanol–water partition coefficient (Wildman–Crippen LogP) is 1.17. The first kappa shape index (κ1) is 11.4. The summed E-state index contributed by atoms with van der Waals surface area (Å²) in [5.41, 5.74) is 0. The Balaban J connectivity index is 1.96. The van der Waals surface area contributed by atoms with Crippen molar-refractivity contribution in [3.8, 4) is 6.07 Å². The molecule has 3 unspecified atom stereocenters. The second-order valence-electron chi connectivity index (χ2n) is 4.72. The number of carbonyl (C=O) groups is 1. The summed E-state index contributed by atoms with van der Waals surface area (Å²) in [6.07, 6.45) is 2.74. The lowest BCUT2D eigenvalue weighted by Gasteiger charge is -2.32. The summed E-state index contributed by atoms with van der Waals surface area (Å²) in [4.78, 5) is 14.1. The van der Waals surface area contributed by atoms with Gasteiger partial charge in [-0.2, -0.15) is 5.26 Å². The summed E-state index contributed by atoms with van der Waals surface area (Å²) in [6.45, 7) is 4.06. The molecule has 0 bridgehead atoms. The average Bonchev–Trinajstić information content (AvgIpc) is 2.74. The molecule has 0 N–H and O–H groups in total. The molecule has 2 rings (SSSR count). The van der Waals surface area contributed by atoms with E-state index in [9.17, 15) is 4.79 Å². The van der Waals surface area contributed by atoms with E-state index in [1.165, 1.54) is 0 Å². The predicted molar refractivity (Wildman–Crippen MR) is 58.4 cm³/mol. The lowest BCUT2D eigenvalue weighted by Crippen LogP contribution is -2.44. The van der Waals surface area contributed by atoms with Crippen LogP contribution in [0.4, 0.5) is 0 Å². The van der Waals surface area contributed by atoms with E-state index in [0.717, 1.165) is 25.8 Å². The van der Waals surface area contributed by atoms with Gasteiger partial charge in [0.25, 0.3) is 0 Å². The Morgan fingerprint density at radius 3 is 2.94 bits per heavy atom. The first-order valence-electron chi connectivity index (χ1n) is 6.02. The number of hydrogen-bond donors (Lipinski definition) is 0. The Bertz CT molecular complexity index is 311. The van der Waals surface area contributed by atoms with Gasteiger partial charge in [-0.15, -0.1) is 0 Å². The van der Waals surface area contributed by atoms with Crippen molar-refractivity contribution in [1.29, 1.82) is 5.26 Å². The number of carbonyl (C=O) groups excluding carboxylic acids is 1. The molecule has 16 heavy (non-hydrogen) atoms. The molecule has 0 spiro atoms. The van der Waals surface area contributed by atoms with E-state index in [0.29, 0.717) is 13.2 Å². The zero-order valence-corrected chi connectivity index (χ0v) is 9.69. The highest BCUT2D eigenvalue weighted by Gasteiger charge is 2.35. The smallest absolute Gasteiger partial charge is 0.228 e. The minimum atomic E-state index is 0.0115. The van der Waals surface area contributed by atoms with E-state index in [1.807, 2.05) is 11.8 Å². The van der Waals surface area contributed by atoms with Crippen LogP contribution in [0.5, 0.6) is 0 Å².